The Bertz CT molecular complexity index is 956. The first kappa shape index (κ1) is 15.6. The second-order valence-electron chi connectivity index (χ2n) is 6.65. The zero-order valence-corrected chi connectivity index (χ0v) is 14.5. The molecule has 25 heavy (non-hydrogen) atoms. The first-order chi connectivity index (χ1) is 12.1. The molecule has 126 valence electrons. The quantitative estimate of drug-likeness (QED) is 0.612. The fourth-order valence-electron chi connectivity index (χ4n) is 3.56. The molecule has 0 aliphatic heterocycles. The predicted octanol–water partition coefficient (Wildman–Crippen LogP) is 4.10. The van der Waals surface area contributed by atoms with Crippen molar-refractivity contribution in [3.8, 4) is 11.1 Å². The second kappa shape index (κ2) is 6.20. The van der Waals surface area contributed by atoms with E-state index in [-0.39, 0.29) is 5.91 Å². The molecule has 1 aromatic heterocycles. The van der Waals surface area contributed by atoms with Crippen molar-refractivity contribution < 1.29 is 4.79 Å². The molecule has 4 rings (SSSR count). The number of hydrogen-bond acceptors (Lipinski definition) is 2. The zero-order valence-electron chi connectivity index (χ0n) is 14.5. The Morgan fingerprint density at radius 3 is 2.68 bits per heavy atom. The van der Waals surface area contributed by atoms with Crippen LogP contribution < -0.4 is 5.32 Å². The van der Waals surface area contributed by atoms with Gasteiger partial charge < -0.3 is 5.32 Å². The fraction of sp³-hybridized carbons (Fsp3) is 0.238. The van der Waals surface area contributed by atoms with Crippen LogP contribution in [0, 0.1) is 13.8 Å². The van der Waals surface area contributed by atoms with Crippen LogP contribution in [0.1, 0.15) is 28.9 Å². The Morgan fingerprint density at radius 1 is 1.08 bits per heavy atom. The third kappa shape index (κ3) is 3.07. The molecule has 1 aliphatic carbocycles. The molecular weight excluding hydrogens is 310 g/mol. The summed E-state index contributed by atoms with van der Waals surface area (Å²) >= 11 is 0. The van der Waals surface area contributed by atoms with Crippen LogP contribution in [0.15, 0.2) is 48.5 Å². The highest BCUT2D eigenvalue weighted by Crippen LogP contribution is 2.37. The van der Waals surface area contributed by atoms with E-state index in [1.807, 2.05) is 30.7 Å². The average Bonchev–Trinajstić information content (AvgIpc) is 3.11. The standard InChI is InChI=1S/C21H21N3O/c1-14-11-15(2)24(23-14)10-9-21(25)22-18-7-8-20-17(13-18)12-16-5-3-4-6-19(16)20/h3-8,11,13H,9-10,12H2,1-2H3,(H,22,25). The van der Waals surface area contributed by atoms with Gasteiger partial charge >= 0.3 is 0 Å². The molecule has 0 fully saturated rings. The molecule has 0 bridgehead atoms. The summed E-state index contributed by atoms with van der Waals surface area (Å²) in [5.74, 6) is 0.0167. The number of rotatable bonds is 4. The molecule has 4 nitrogen and oxygen atoms in total. The van der Waals surface area contributed by atoms with E-state index in [2.05, 4.69) is 46.8 Å². The molecule has 0 unspecified atom stereocenters. The molecule has 0 atom stereocenters. The Balaban J connectivity index is 1.43. The molecule has 0 radical (unpaired) electrons. The third-order valence-electron chi connectivity index (χ3n) is 4.73. The number of benzene rings is 2. The maximum absolute atomic E-state index is 12.3. The molecule has 1 N–H and O–H groups in total. The van der Waals surface area contributed by atoms with Gasteiger partial charge in [0, 0.05) is 24.3 Å². The lowest BCUT2D eigenvalue weighted by Crippen LogP contribution is -2.15. The fourth-order valence-corrected chi connectivity index (χ4v) is 3.56. The topological polar surface area (TPSA) is 46.9 Å². The monoisotopic (exact) mass is 331 g/mol. The SMILES string of the molecule is Cc1cc(C)n(CCC(=O)Nc2ccc3c(c2)Cc2ccccc2-3)n1. The van der Waals surface area contributed by atoms with Crippen LogP contribution in [0.2, 0.25) is 0 Å². The van der Waals surface area contributed by atoms with Crippen LogP contribution in [-0.4, -0.2) is 15.7 Å². The van der Waals surface area contributed by atoms with Crippen molar-refractivity contribution >= 4 is 11.6 Å². The Morgan fingerprint density at radius 2 is 1.88 bits per heavy atom. The number of anilines is 1. The van der Waals surface area contributed by atoms with Gasteiger partial charge in [-0.3, -0.25) is 9.48 Å². The number of carbonyl (C=O) groups is 1. The van der Waals surface area contributed by atoms with Crippen LogP contribution in [0.3, 0.4) is 0 Å². The number of aryl methyl sites for hydroxylation is 3. The van der Waals surface area contributed by atoms with Crippen LogP contribution in [0.5, 0.6) is 0 Å². The maximum atomic E-state index is 12.3. The highest BCUT2D eigenvalue weighted by Gasteiger charge is 2.18. The van der Waals surface area contributed by atoms with Gasteiger partial charge in [-0.15, -0.1) is 0 Å². The molecule has 1 aliphatic rings. The van der Waals surface area contributed by atoms with Crippen molar-refractivity contribution in [2.45, 2.75) is 33.2 Å². The first-order valence-electron chi connectivity index (χ1n) is 8.62. The van der Waals surface area contributed by atoms with Gasteiger partial charge in [0.05, 0.1) is 5.69 Å². The van der Waals surface area contributed by atoms with Gasteiger partial charge in [0.1, 0.15) is 0 Å². The van der Waals surface area contributed by atoms with Crippen molar-refractivity contribution in [2.75, 3.05) is 5.32 Å². The van der Waals surface area contributed by atoms with Gasteiger partial charge in [-0.25, -0.2) is 0 Å². The van der Waals surface area contributed by atoms with E-state index >= 15 is 0 Å². The number of fused-ring (bicyclic) bond motifs is 3. The van der Waals surface area contributed by atoms with Crippen molar-refractivity contribution in [1.29, 1.82) is 0 Å². The Labute approximate surface area is 147 Å². The van der Waals surface area contributed by atoms with Crippen molar-refractivity contribution in [2.24, 2.45) is 0 Å². The second-order valence-corrected chi connectivity index (χ2v) is 6.65. The lowest BCUT2D eigenvalue weighted by atomic mass is 10.1. The molecule has 0 saturated carbocycles. The van der Waals surface area contributed by atoms with Crippen LogP contribution in [-0.2, 0) is 17.8 Å². The zero-order chi connectivity index (χ0) is 17.4. The summed E-state index contributed by atoms with van der Waals surface area (Å²) in [6.07, 6.45) is 1.35. The minimum absolute atomic E-state index is 0.0167. The molecule has 0 spiro atoms. The summed E-state index contributed by atoms with van der Waals surface area (Å²) in [7, 11) is 0. The summed E-state index contributed by atoms with van der Waals surface area (Å²) in [4.78, 5) is 12.3. The van der Waals surface area contributed by atoms with Gasteiger partial charge in [-0.2, -0.15) is 5.10 Å². The van der Waals surface area contributed by atoms with E-state index in [4.69, 9.17) is 0 Å². The number of hydrogen-bond donors (Lipinski definition) is 1. The van der Waals surface area contributed by atoms with Crippen LogP contribution in [0.4, 0.5) is 5.69 Å². The minimum Gasteiger partial charge on any atom is -0.326 e. The highest BCUT2D eigenvalue weighted by atomic mass is 16.1. The summed E-state index contributed by atoms with van der Waals surface area (Å²) in [5, 5.41) is 7.41. The highest BCUT2D eigenvalue weighted by molar-refractivity contribution is 5.91. The molecule has 3 aromatic rings. The summed E-state index contributed by atoms with van der Waals surface area (Å²) in [6, 6.07) is 16.7. The van der Waals surface area contributed by atoms with E-state index < -0.39 is 0 Å². The molecule has 4 heteroatoms. The number of amides is 1. The van der Waals surface area contributed by atoms with E-state index in [1.54, 1.807) is 0 Å². The largest absolute Gasteiger partial charge is 0.326 e. The number of nitrogens with zero attached hydrogens (tertiary/aromatic N) is 2. The number of aromatic nitrogens is 2. The Kier molecular flexibility index (Phi) is 3.88. The molecular formula is C21H21N3O. The van der Waals surface area contributed by atoms with E-state index in [0.717, 1.165) is 23.5 Å². The first-order valence-corrected chi connectivity index (χ1v) is 8.62. The molecule has 2 aromatic carbocycles. The van der Waals surface area contributed by atoms with Gasteiger partial charge in [0.25, 0.3) is 0 Å². The number of carbonyl (C=O) groups excluding carboxylic acids is 1. The third-order valence-corrected chi connectivity index (χ3v) is 4.73. The minimum atomic E-state index is 0.0167. The molecule has 0 saturated heterocycles. The Hall–Kier alpha value is -2.88. The van der Waals surface area contributed by atoms with Gasteiger partial charge in [-0.1, -0.05) is 30.3 Å². The maximum Gasteiger partial charge on any atom is 0.226 e. The summed E-state index contributed by atoms with van der Waals surface area (Å²) < 4.78 is 1.88. The predicted molar refractivity (Wildman–Crippen MR) is 99.6 cm³/mol. The number of nitrogens with one attached hydrogen (secondary N) is 1. The average molecular weight is 331 g/mol. The van der Waals surface area contributed by atoms with Crippen LogP contribution >= 0.6 is 0 Å². The summed E-state index contributed by atoms with van der Waals surface area (Å²) in [6.45, 7) is 4.57. The lowest BCUT2D eigenvalue weighted by molar-refractivity contribution is -0.116. The van der Waals surface area contributed by atoms with Crippen LogP contribution in [0.25, 0.3) is 11.1 Å². The van der Waals surface area contributed by atoms with Gasteiger partial charge in [-0.05, 0) is 60.7 Å². The van der Waals surface area contributed by atoms with Crippen molar-refractivity contribution in [3.05, 3.63) is 71.0 Å². The molecule has 1 amide bonds. The van der Waals surface area contributed by atoms with E-state index in [9.17, 15) is 4.79 Å². The van der Waals surface area contributed by atoms with E-state index in [0.29, 0.717) is 13.0 Å². The van der Waals surface area contributed by atoms with Gasteiger partial charge in [0.15, 0.2) is 0 Å². The normalized spacial score (nSPS) is 11.9. The summed E-state index contributed by atoms with van der Waals surface area (Å²) in [5.41, 5.74) is 8.14. The van der Waals surface area contributed by atoms with Crippen molar-refractivity contribution in [3.63, 3.8) is 0 Å². The van der Waals surface area contributed by atoms with E-state index in [1.165, 1.54) is 22.3 Å². The van der Waals surface area contributed by atoms with Crippen molar-refractivity contribution in [1.82, 2.24) is 9.78 Å². The smallest absolute Gasteiger partial charge is 0.226 e. The molecule has 1 heterocycles. The lowest BCUT2D eigenvalue weighted by Gasteiger charge is -2.08. The van der Waals surface area contributed by atoms with Gasteiger partial charge in [0.2, 0.25) is 5.91 Å².